The van der Waals surface area contributed by atoms with E-state index in [1.165, 1.54) is 34.9 Å². The molecule has 1 aliphatic rings. The number of hydrogen-bond acceptors (Lipinski definition) is 4. The molecule has 0 unspecified atom stereocenters. The number of sulfonamides is 1. The second-order valence-corrected chi connectivity index (χ2v) is 9.59. The van der Waals surface area contributed by atoms with Gasteiger partial charge in [0.05, 0.1) is 17.9 Å². The molecule has 0 fully saturated rings. The molecule has 5 nitrogen and oxygen atoms in total. The molecule has 3 aromatic carbocycles. The first-order valence-electron chi connectivity index (χ1n) is 8.87. The van der Waals surface area contributed by atoms with Crippen molar-refractivity contribution in [1.29, 1.82) is 0 Å². The highest BCUT2D eigenvalue weighted by molar-refractivity contribution is 7.98. The molecule has 154 valence electrons. The highest BCUT2D eigenvalue weighted by atomic mass is 35.5. The van der Waals surface area contributed by atoms with E-state index in [1.54, 1.807) is 36.4 Å². The van der Waals surface area contributed by atoms with Crippen LogP contribution < -0.4 is 9.21 Å². The van der Waals surface area contributed by atoms with Crippen molar-refractivity contribution < 1.29 is 17.6 Å². The van der Waals surface area contributed by atoms with Crippen LogP contribution in [0, 0.1) is 5.82 Å². The quantitative estimate of drug-likeness (QED) is 0.478. The maximum absolute atomic E-state index is 13.4. The van der Waals surface area contributed by atoms with E-state index in [2.05, 4.69) is 0 Å². The molecule has 0 saturated heterocycles. The van der Waals surface area contributed by atoms with Gasteiger partial charge < -0.3 is 0 Å². The molecule has 2 amide bonds. The van der Waals surface area contributed by atoms with Gasteiger partial charge >= 0.3 is 6.03 Å². The molecule has 30 heavy (non-hydrogen) atoms. The summed E-state index contributed by atoms with van der Waals surface area (Å²) in [5, 5.41) is 0.157. The Kier molecular flexibility index (Phi) is 5.48. The van der Waals surface area contributed by atoms with Gasteiger partial charge in [0.15, 0.2) is 0 Å². The topological polar surface area (TPSA) is 57.7 Å². The Bertz CT molecular complexity index is 1250. The fourth-order valence-corrected chi connectivity index (χ4v) is 5.54. The van der Waals surface area contributed by atoms with Gasteiger partial charge in [-0.15, -0.1) is 11.8 Å². The highest BCUT2D eigenvalue weighted by Crippen LogP contribution is 2.39. The second-order valence-electron chi connectivity index (χ2n) is 6.54. The van der Waals surface area contributed by atoms with Crippen molar-refractivity contribution in [2.75, 3.05) is 15.5 Å². The van der Waals surface area contributed by atoms with Crippen LogP contribution in [0.5, 0.6) is 0 Å². The van der Waals surface area contributed by atoms with Crippen LogP contribution in [-0.4, -0.2) is 20.7 Å². The minimum Gasteiger partial charge on any atom is -0.287 e. The Labute approximate surface area is 183 Å². The number of benzene rings is 3. The summed E-state index contributed by atoms with van der Waals surface area (Å²) in [6.07, 6.45) is 1.86. The Morgan fingerprint density at radius 2 is 1.80 bits per heavy atom. The number of hydrogen-bond donors (Lipinski definition) is 0. The number of carbonyl (C=O) groups excluding carboxylic acids is 1. The third-order valence-corrected chi connectivity index (χ3v) is 7.54. The molecule has 0 spiro atoms. The summed E-state index contributed by atoms with van der Waals surface area (Å²) in [7, 11) is -4.11. The summed E-state index contributed by atoms with van der Waals surface area (Å²) in [6.45, 7) is -0.0107. The summed E-state index contributed by atoms with van der Waals surface area (Å²) in [4.78, 5) is 15.6. The standard InChI is InChI=1S/C21H16ClFN2O3S2/c1-29-17-6-4-5-16(12-17)25-21(26)24(13-14-9-10-15(23)11-18(14)22)19-7-2-3-8-20(19)30(25,27)28/h2-12H,13H2,1H3. The first-order chi connectivity index (χ1) is 14.3. The van der Waals surface area contributed by atoms with Crippen LogP contribution >= 0.6 is 23.4 Å². The van der Waals surface area contributed by atoms with Gasteiger partial charge in [0.1, 0.15) is 10.7 Å². The highest BCUT2D eigenvalue weighted by Gasteiger charge is 2.42. The third-order valence-electron chi connectivity index (χ3n) is 4.71. The van der Waals surface area contributed by atoms with Crippen LogP contribution in [0.15, 0.2) is 76.5 Å². The van der Waals surface area contributed by atoms with Crippen LogP contribution in [0.25, 0.3) is 0 Å². The molecule has 4 rings (SSSR count). The van der Waals surface area contributed by atoms with Gasteiger partial charge in [-0.25, -0.2) is 17.6 Å². The zero-order chi connectivity index (χ0) is 21.5. The summed E-state index contributed by atoms with van der Waals surface area (Å²) < 4.78 is 40.9. The predicted molar refractivity (Wildman–Crippen MR) is 117 cm³/mol. The Balaban J connectivity index is 1.87. The van der Waals surface area contributed by atoms with Gasteiger partial charge in [-0.2, -0.15) is 4.31 Å². The van der Waals surface area contributed by atoms with Crippen LogP contribution in [0.4, 0.5) is 20.6 Å². The first kappa shape index (κ1) is 20.7. The van der Waals surface area contributed by atoms with E-state index < -0.39 is 21.9 Å². The van der Waals surface area contributed by atoms with Crippen molar-refractivity contribution in [2.24, 2.45) is 0 Å². The van der Waals surface area contributed by atoms with Crippen molar-refractivity contribution in [2.45, 2.75) is 16.3 Å². The minimum atomic E-state index is -4.11. The molecule has 0 N–H and O–H groups in total. The summed E-state index contributed by atoms with van der Waals surface area (Å²) >= 11 is 7.60. The van der Waals surface area contributed by atoms with Gasteiger partial charge in [-0.1, -0.05) is 35.9 Å². The molecule has 1 aliphatic heterocycles. The lowest BCUT2D eigenvalue weighted by Crippen LogP contribution is -2.50. The summed E-state index contributed by atoms with van der Waals surface area (Å²) in [6, 6.07) is 16.2. The van der Waals surface area contributed by atoms with Gasteiger partial charge in [-0.05, 0) is 54.3 Å². The maximum Gasteiger partial charge on any atom is 0.343 e. The number of thioether (sulfide) groups is 1. The van der Waals surface area contributed by atoms with E-state index >= 15 is 0 Å². The van der Waals surface area contributed by atoms with E-state index in [0.29, 0.717) is 5.56 Å². The van der Waals surface area contributed by atoms with Gasteiger partial charge in [0.2, 0.25) is 0 Å². The molecular formula is C21H16ClFN2O3S2. The minimum absolute atomic E-state index is 0.0107. The molecule has 0 radical (unpaired) electrons. The zero-order valence-corrected chi connectivity index (χ0v) is 18.1. The van der Waals surface area contributed by atoms with Crippen molar-refractivity contribution >= 4 is 50.8 Å². The third kappa shape index (κ3) is 3.55. The Morgan fingerprint density at radius 3 is 2.53 bits per heavy atom. The number of anilines is 2. The average Bonchev–Trinajstić information content (AvgIpc) is 2.72. The van der Waals surface area contributed by atoms with E-state index in [9.17, 15) is 17.6 Å². The van der Waals surface area contributed by atoms with E-state index in [4.69, 9.17) is 11.6 Å². The van der Waals surface area contributed by atoms with Crippen molar-refractivity contribution in [3.8, 4) is 0 Å². The van der Waals surface area contributed by atoms with Crippen molar-refractivity contribution in [3.63, 3.8) is 0 Å². The number of rotatable bonds is 4. The SMILES string of the molecule is CSc1cccc(N2C(=O)N(Cc3ccc(F)cc3Cl)c3ccccc3S2(=O)=O)c1. The van der Waals surface area contributed by atoms with Gasteiger partial charge in [-0.3, -0.25) is 4.90 Å². The first-order valence-corrected chi connectivity index (χ1v) is 11.9. The molecule has 0 atom stereocenters. The van der Waals surface area contributed by atoms with E-state index in [1.807, 2.05) is 12.3 Å². The fourth-order valence-electron chi connectivity index (χ4n) is 3.27. The molecule has 3 aromatic rings. The summed E-state index contributed by atoms with van der Waals surface area (Å²) in [5.74, 6) is -0.493. The number of carbonyl (C=O) groups is 1. The maximum atomic E-state index is 13.4. The average molecular weight is 463 g/mol. The number of para-hydroxylation sites is 1. The smallest absolute Gasteiger partial charge is 0.287 e. The van der Waals surface area contributed by atoms with Crippen LogP contribution in [0.1, 0.15) is 5.56 Å². The van der Waals surface area contributed by atoms with Crippen molar-refractivity contribution in [3.05, 3.63) is 83.1 Å². The number of halogens is 2. The largest absolute Gasteiger partial charge is 0.343 e. The van der Waals surface area contributed by atoms with E-state index in [0.717, 1.165) is 15.3 Å². The molecule has 1 heterocycles. The molecule has 0 aromatic heterocycles. The Hall–Kier alpha value is -2.55. The number of fused-ring (bicyclic) bond motifs is 1. The van der Waals surface area contributed by atoms with Gasteiger partial charge in [0.25, 0.3) is 10.0 Å². The number of nitrogens with zero attached hydrogens (tertiary/aromatic N) is 2. The second kappa shape index (κ2) is 7.94. The molecule has 9 heteroatoms. The lowest BCUT2D eigenvalue weighted by Gasteiger charge is -2.36. The lowest BCUT2D eigenvalue weighted by atomic mass is 10.2. The zero-order valence-electron chi connectivity index (χ0n) is 15.7. The molecule has 0 saturated carbocycles. The molecule has 0 aliphatic carbocycles. The molecule has 0 bridgehead atoms. The Morgan fingerprint density at radius 1 is 1.03 bits per heavy atom. The van der Waals surface area contributed by atoms with Crippen molar-refractivity contribution in [1.82, 2.24) is 0 Å². The monoisotopic (exact) mass is 462 g/mol. The van der Waals surface area contributed by atoms with Crippen LogP contribution in [0.2, 0.25) is 5.02 Å². The molecular weight excluding hydrogens is 447 g/mol. The van der Waals surface area contributed by atoms with E-state index in [-0.39, 0.29) is 27.8 Å². The predicted octanol–water partition coefficient (Wildman–Crippen LogP) is 5.54. The van der Waals surface area contributed by atoms with Crippen LogP contribution in [-0.2, 0) is 16.6 Å². The van der Waals surface area contributed by atoms with Crippen LogP contribution in [0.3, 0.4) is 0 Å². The summed E-state index contributed by atoms with van der Waals surface area (Å²) in [5.41, 5.74) is 0.995. The number of amides is 2. The number of urea groups is 1. The van der Waals surface area contributed by atoms with Gasteiger partial charge in [0, 0.05) is 9.92 Å². The fraction of sp³-hybridized carbons (Fsp3) is 0.0952. The normalized spacial score (nSPS) is 15.2. The lowest BCUT2D eigenvalue weighted by molar-refractivity contribution is 0.253.